The van der Waals surface area contributed by atoms with Crippen LogP contribution in [0.5, 0.6) is 5.75 Å². The fourth-order valence-corrected chi connectivity index (χ4v) is 4.44. The molecule has 0 amide bonds. The molecule has 3 rings (SSSR count). The van der Waals surface area contributed by atoms with Crippen LogP contribution in [0.1, 0.15) is 0 Å². The van der Waals surface area contributed by atoms with E-state index in [-0.39, 0.29) is 5.95 Å². The molecule has 1 heterocycles. The minimum atomic E-state index is -5.21. The molecule has 0 spiro atoms. The van der Waals surface area contributed by atoms with E-state index in [4.69, 9.17) is 0 Å². The summed E-state index contributed by atoms with van der Waals surface area (Å²) in [4.78, 5) is 0.233. The average Bonchev–Trinajstić information content (AvgIpc) is 3.10. The highest BCUT2D eigenvalue weighted by Crippen LogP contribution is 2.44. The molecule has 0 aliphatic heterocycles. The van der Waals surface area contributed by atoms with Crippen molar-refractivity contribution in [1.82, 2.24) is 15.2 Å². The summed E-state index contributed by atoms with van der Waals surface area (Å²) < 4.78 is 97.9. The molecule has 30 heavy (non-hydrogen) atoms. The Kier molecular flexibility index (Phi) is 5.08. The summed E-state index contributed by atoms with van der Waals surface area (Å²) in [5.41, 5.74) is -0.953. The largest absolute Gasteiger partial charge is 0.505 e. The second kappa shape index (κ2) is 7.04. The second-order valence-electron chi connectivity index (χ2n) is 5.53. The monoisotopic (exact) mass is 479 g/mol. The molecule has 15 nitrogen and oxygen atoms in total. The fourth-order valence-electron chi connectivity index (χ4n) is 2.41. The minimum absolute atomic E-state index is 0.257. The number of H-pyrrole nitrogens is 1. The van der Waals surface area contributed by atoms with Gasteiger partial charge in [0.1, 0.15) is 21.8 Å². The topological polar surface area (TPSA) is 250 Å². The minimum Gasteiger partial charge on any atom is -0.505 e. The molecule has 0 aliphatic rings. The van der Waals surface area contributed by atoms with Crippen molar-refractivity contribution < 1.29 is 44.0 Å². The van der Waals surface area contributed by atoms with Crippen LogP contribution in [0.15, 0.2) is 49.4 Å². The Hall–Kier alpha value is -3.03. The third-order valence-corrected chi connectivity index (χ3v) is 6.16. The van der Waals surface area contributed by atoms with Gasteiger partial charge in [0, 0.05) is 5.39 Å². The molecule has 0 fully saturated rings. The Morgan fingerprint density at radius 1 is 0.833 bits per heavy atom. The Morgan fingerprint density at radius 3 is 1.97 bits per heavy atom. The highest BCUT2D eigenvalue weighted by molar-refractivity contribution is 7.87. The van der Waals surface area contributed by atoms with Gasteiger partial charge in [-0.15, -0.1) is 10.2 Å². The van der Waals surface area contributed by atoms with E-state index in [0.717, 1.165) is 6.33 Å². The van der Waals surface area contributed by atoms with Crippen molar-refractivity contribution in [3.63, 3.8) is 0 Å². The standard InChI is InChI=1S/C12H9N5O10S3/c18-11-9-5(1-6(28(19,20)21)3-7(9)29(22,23)24)2-8(30(25,26)27)10(11)15-17-12-13-4-14-16-12/h1-4,18H,(H,13,14,16)(H,19,20,21)(H,22,23,24)(H,25,26,27). The van der Waals surface area contributed by atoms with Crippen LogP contribution in [0.4, 0.5) is 11.6 Å². The van der Waals surface area contributed by atoms with Crippen molar-refractivity contribution >= 4 is 52.8 Å². The molecular weight excluding hydrogens is 470 g/mol. The quantitative estimate of drug-likeness (QED) is 0.252. The number of aromatic hydroxyl groups is 1. The summed E-state index contributed by atoms with van der Waals surface area (Å²) in [5, 5.41) is 21.7. The van der Waals surface area contributed by atoms with Gasteiger partial charge in [-0.1, -0.05) is 0 Å². The van der Waals surface area contributed by atoms with Gasteiger partial charge in [-0.2, -0.15) is 35.3 Å². The molecule has 0 unspecified atom stereocenters. The number of phenols is 1. The van der Waals surface area contributed by atoms with Crippen molar-refractivity contribution in [2.45, 2.75) is 14.7 Å². The van der Waals surface area contributed by atoms with Crippen LogP contribution in [0.2, 0.25) is 0 Å². The van der Waals surface area contributed by atoms with E-state index in [1.54, 1.807) is 0 Å². The summed E-state index contributed by atoms with van der Waals surface area (Å²) in [6, 6.07) is 1.49. The summed E-state index contributed by atoms with van der Waals surface area (Å²) in [6.07, 6.45) is 1.02. The van der Waals surface area contributed by atoms with Crippen molar-refractivity contribution in [2.75, 3.05) is 0 Å². The highest BCUT2D eigenvalue weighted by atomic mass is 32.2. The van der Waals surface area contributed by atoms with E-state index in [1.165, 1.54) is 0 Å². The lowest BCUT2D eigenvalue weighted by atomic mass is 10.1. The molecule has 2 aromatic carbocycles. The molecule has 0 aliphatic carbocycles. The van der Waals surface area contributed by atoms with Gasteiger partial charge in [-0.3, -0.25) is 13.7 Å². The SMILES string of the molecule is O=S(=O)(O)c1cc(S(=O)(=O)O)c2c(O)c(N=Nc3ncn[nH]3)c(S(=O)(=O)O)cc2c1. The number of hydrogen-bond acceptors (Lipinski definition) is 11. The summed E-state index contributed by atoms with van der Waals surface area (Å²) in [7, 11) is -15.3. The maximum atomic E-state index is 11.7. The van der Waals surface area contributed by atoms with Gasteiger partial charge in [0.2, 0.25) is 0 Å². The molecule has 18 heteroatoms. The molecule has 3 aromatic rings. The van der Waals surface area contributed by atoms with E-state index in [9.17, 15) is 44.0 Å². The van der Waals surface area contributed by atoms with Gasteiger partial charge < -0.3 is 5.11 Å². The molecule has 0 saturated heterocycles. The Morgan fingerprint density at radius 2 is 1.47 bits per heavy atom. The number of fused-ring (bicyclic) bond motifs is 1. The lowest BCUT2D eigenvalue weighted by Gasteiger charge is -2.12. The first-order chi connectivity index (χ1) is 13.7. The number of benzene rings is 2. The summed E-state index contributed by atoms with van der Waals surface area (Å²) in [6.45, 7) is 0. The van der Waals surface area contributed by atoms with E-state index < -0.39 is 67.3 Å². The van der Waals surface area contributed by atoms with Gasteiger partial charge in [0.05, 0.1) is 4.90 Å². The van der Waals surface area contributed by atoms with E-state index >= 15 is 0 Å². The van der Waals surface area contributed by atoms with E-state index in [2.05, 4.69) is 25.4 Å². The number of aromatic amines is 1. The van der Waals surface area contributed by atoms with Crippen LogP contribution in [-0.4, -0.2) is 59.2 Å². The zero-order chi connectivity index (χ0) is 22.5. The molecular formula is C12H9N5O10S3. The van der Waals surface area contributed by atoms with Crippen LogP contribution in [-0.2, 0) is 30.4 Å². The maximum absolute atomic E-state index is 11.7. The molecule has 1 aromatic heterocycles. The first kappa shape index (κ1) is 21.7. The first-order valence-electron chi connectivity index (χ1n) is 7.23. The smallest absolute Gasteiger partial charge is 0.296 e. The van der Waals surface area contributed by atoms with Crippen LogP contribution >= 0.6 is 0 Å². The number of rotatable bonds is 5. The van der Waals surface area contributed by atoms with Crippen molar-refractivity contribution in [3.05, 3.63) is 24.5 Å². The van der Waals surface area contributed by atoms with Gasteiger partial charge >= 0.3 is 0 Å². The number of phenolic OH excluding ortho intramolecular Hbond substituents is 1. The maximum Gasteiger partial charge on any atom is 0.296 e. The molecule has 5 N–H and O–H groups in total. The lowest BCUT2D eigenvalue weighted by Crippen LogP contribution is -2.06. The zero-order valence-electron chi connectivity index (χ0n) is 14.1. The second-order valence-corrected chi connectivity index (χ2v) is 9.73. The van der Waals surface area contributed by atoms with Gasteiger partial charge in [0.25, 0.3) is 36.3 Å². The van der Waals surface area contributed by atoms with Gasteiger partial charge in [0.15, 0.2) is 5.75 Å². The van der Waals surface area contributed by atoms with Gasteiger partial charge in [-0.25, -0.2) is 5.10 Å². The van der Waals surface area contributed by atoms with Crippen LogP contribution < -0.4 is 0 Å². The third kappa shape index (κ3) is 4.13. The van der Waals surface area contributed by atoms with E-state index in [1.807, 2.05) is 0 Å². The Bertz CT molecular complexity index is 1510. The van der Waals surface area contributed by atoms with Crippen LogP contribution in [0.3, 0.4) is 0 Å². The average molecular weight is 479 g/mol. The number of nitrogens with one attached hydrogen (secondary N) is 1. The number of hydrogen-bond donors (Lipinski definition) is 5. The molecule has 0 saturated carbocycles. The fraction of sp³-hybridized carbons (Fsp3) is 0. The molecule has 0 bridgehead atoms. The number of aromatic nitrogens is 3. The summed E-state index contributed by atoms with van der Waals surface area (Å²) >= 11 is 0. The predicted molar refractivity (Wildman–Crippen MR) is 95.6 cm³/mol. The van der Waals surface area contributed by atoms with Crippen molar-refractivity contribution in [1.29, 1.82) is 0 Å². The third-order valence-electron chi connectivity index (χ3n) is 3.59. The Labute approximate surface area is 167 Å². The van der Waals surface area contributed by atoms with Crippen molar-refractivity contribution in [2.24, 2.45) is 10.2 Å². The predicted octanol–water partition coefficient (Wildman–Crippen LogP) is 0.819. The Balaban J connectivity index is 2.52. The van der Waals surface area contributed by atoms with E-state index in [0.29, 0.717) is 18.2 Å². The van der Waals surface area contributed by atoms with Crippen LogP contribution in [0.25, 0.3) is 10.8 Å². The first-order valence-corrected chi connectivity index (χ1v) is 11.5. The molecule has 160 valence electrons. The van der Waals surface area contributed by atoms with Crippen LogP contribution in [0, 0.1) is 0 Å². The van der Waals surface area contributed by atoms with Gasteiger partial charge in [-0.05, 0) is 23.6 Å². The number of nitrogens with zero attached hydrogens (tertiary/aromatic N) is 4. The number of azo groups is 1. The zero-order valence-corrected chi connectivity index (χ0v) is 16.5. The molecule has 0 radical (unpaired) electrons. The highest BCUT2D eigenvalue weighted by Gasteiger charge is 2.28. The van der Waals surface area contributed by atoms with Crippen molar-refractivity contribution in [3.8, 4) is 5.75 Å². The molecule has 0 atom stereocenters. The normalized spacial score (nSPS) is 13.3. The summed E-state index contributed by atoms with van der Waals surface area (Å²) in [5.74, 6) is -1.45. The lowest BCUT2D eigenvalue weighted by molar-refractivity contribution is 0.469.